The lowest BCUT2D eigenvalue weighted by Gasteiger charge is -2.32. The van der Waals surface area contributed by atoms with Crippen LogP contribution in [0.2, 0.25) is 0 Å². The quantitative estimate of drug-likeness (QED) is 0.343. The van der Waals surface area contributed by atoms with Crippen molar-refractivity contribution in [2.24, 2.45) is 11.3 Å². The van der Waals surface area contributed by atoms with Crippen LogP contribution in [0.15, 0.2) is 42.6 Å². The van der Waals surface area contributed by atoms with Gasteiger partial charge in [-0.1, -0.05) is 12.1 Å². The summed E-state index contributed by atoms with van der Waals surface area (Å²) in [6.07, 6.45) is 2.51. The van der Waals surface area contributed by atoms with Crippen LogP contribution in [0, 0.1) is 28.5 Å². The van der Waals surface area contributed by atoms with Crippen molar-refractivity contribution in [1.82, 2.24) is 9.97 Å². The Morgan fingerprint density at radius 3 is 2.49 bits per heavy atom. The fourth-order valence-electron chi connectivity index (χ4n) is 5.94. The highest BCUT2D eigenvalue weighted by Crippen LogP contribution is 2.52. The first kappa shape index (κ1) is 27.9. The molecule has 0 N–H and O–H groups in total. The highest BCUT2D eigenvalue weighted by atomic mass is 32.2. The van der Waals surface area contributed by atoms with Gasteiger partial charge >= 0.3 is 0 Å². The minimum absolute atomic E-state index is 0.0767. The zero-order chi connectivity index (χ0) is 28.8. The van der Waals surface area contributed by atoms with E-state index in [1.165, 1.54) is 17.4 Å². The van der Waals surface area contributed by atoms with E-state index in [1.807, 2.05) is 29.2 Å². The summed E-state index contributed by atoms with van der Waals surface area (Å²) in [5, 5.41) is 10.2. The van der Waals surface area contributed by atoms with Crippen molar-refractivity contribution in [2.45, 2.75) is 50.6 Å². The SMILES string of the molecule is N#CC1(CC(=O)[C@@H]2C[C@@H](F)CC[C@H]2c2nc(-c3ccc(F)cn3)sc2-c2ccc(N3CCS(=O)(=O)CC3)cc2)CC1. The van der Waals surface area contributed by atoms with Gasteiger partial charge in [0.2, 0.25) is 0 Å². The van der Waals surface area contributed by atoms with Crippen molar-refractivity contribution < 1.29 is 22.0 Å². The molecule has 3 aromatic rings. The Morgan fingerprint density at radius 1 is 1.12 bits per heavy atom. The van der Waals surface area contributed by atoms with Crippen molar-refractivity contribution in [1.29, 1.82) is 5.26 Å². The van der Waals surface area contributed by atoms with Gasteiger partial charge < -0.3 is 4.90 Å². The standard InChI is InChI=1S/C30H30F2N4O3S2/c31-20-3-7-23(24(15-20)26(37)16-30(18-33)9-10-30)27-28(40-29(35-27)25-8-4-21(32)17-34-25)19-1-5-22(6-2-19)36-11-13-41(38,39)14-12-36/h1-2,4-6,8,17,20,23-24H,3,7,9-16H2/t20-,23+,24+/m0/s1. The Balaban J connectivity index is 1.36. The molecular weight excluding hydrogens is 566 g/mol. The number of thiazole rings is 1. The molecule has 0 amide bonds. The van der Waals surface area contributed by atoms with Gasteiger partial charge in [-0.15, -0.1) is 11.3 Å². The van der Waals surface area contributed by atoms with E-state index >= 15 is 0 Å². The first-order valence-electron chi connectivity index (χ1n) is 13.9. The summed E-state index contributed by atoms with van der Waals surface area (Å²) in [6, 6.07) is 13.0. The summed E-state index contributed by atoms with van der Waals surface area (Å²) < 4.78 is 52.0. The number of carbonyl (C=O) groups is 1. The first-order valence-corrected chi connectivity index (χ1v) is 16.6. The van der Waals surface area contributed by atoms with Crippen LogP contribution in [-0.4, -0.2) is 54.9 Å². The third kappa shape index (κ3) is 5.90. The fraction of sp³-hybridized carbons (Fsp3) is 0.467. The largest absolute Gasteiger partial charge is 0.369 e. The second-order valence-electron chi connectivity index (χ2n) is 11.4. The van der Waals surface area contributed by atoms with Gasteiger partial charge in [0.05, 0.1) is 45.5 Å². The molecule has 41 heavy (non-hydrogen) atoms. The first-order chi connectivity index (χ1) is 19.7. The van der Waals surface area contributed by atoms with Crippen LogP contribution in [0.5, 0.6) is 0 Å². The third-order valence-corrected chi connectivity index (χ3v) is 11.3. The number of nitrogens with zero attached hydrogens (tertiary/aromatic N) is 4. The molecule has 0 spiro atoms. The van der Waals surface area contributed by atoms with E-state index < -0.39 is 33.2 Å². The molecule has 0 unspecified atom stereocenters. The lowest BCUT2D eigenvalue weighted by atomic mass is 9.72. The molecule has 2 aliphatic carbocycles. The Hall–Kier alpha value is -3.23. The van der Waals surface area contributed by atoms with Crippen LogP contribution in [0.1, 0.15) is 50.1 Å². The third-order valence-electron chi connectivity index (χ3n) is 8.59. The van der Waals surface area contributed by atoms with Crippen molar-refractivity contribution in [3.8, 4) is 27.2 Å². The van der Waals surface area contributed by atoms with E-state index in [1.54, 1.807) is 6.07 Å². The molecule has 3 heterocycles. The van der Waals surface area contributed by atoms with Gasteiger partial charge in [0, 0.05) is 37.0 Å². The van der Waals surface area contributed by atoms with Crippen LogP contribution >= 0.6 is 11.3 Å². The highest BCUT2D eigenvalue weighted by Gasteiger charge is 2.48. The number of hydrogen-bond acceptors (Lipinski definition) is 8. The Bertz CT molecular complexity index is 1580. The van der Waals surface area contributed by atoms with Crippen molar-refractivity contribution in [2.75, 3.05) is 29.5 Å². The lowest BCUT2D eigenvalue weighted by molar-refractivity contribution is -0.126. The van der Waals surface area contributed by atoms with Gasteiger partial charge in [0.1, 0.15) is 22.8 Å². The average Bonchev–Trinajstić information content (AvgIpc) is 3.60. The molecule has 0 radical (unpaired) electrons. The monoisotopic (exact) mass is 596 g/mol. The number of Topliss-reactive ketones (excluding diaryl/α,β-unsaturated/α-hetero) is 1. The number of carbonyl (C=O) groups excluding carboxylic acids is 1. The molecule has 2 aromatic heterocycles. The predicted molar refractivity (Wildman–Crippen MR) is 153 cm³/mol. The van der Waals surface area contributed by atoms with Crippen molar-refractivity contribution in [3.63, 3.8) is 0 Å². The lowest BCUT2D eigenvalue weighted by Crippen LogP contribution is -2.40. The maximum absolute atomic E-state index is 14.7. The molecule has 11 heteroatoms. The summed E-state index contributed by atoms with van der Waals surface area (Å²) in [7, 11) is -2.99. The fourth-order valence-corrected chi connectivity index (χ4v) is 8.26. The van der Waals surface area contributed by atoms with E-state index in [2.05, 4.69) is 11.1 Å². The van der Waals surface area contributed by atoms with Gasteiger partial charge in [-0.3, -0.25) is 9.78 Å². The molecule has 3 atom stereocenters. The summed E-state index contributed by atoms with van der Waals surface area (Å²) >= 11 is 1.40. The Labute approximate surface area is 242 Å². The zero-order valence-electron chi connectivity index (χ0n) is 22.4. The molecule has 214 valence electrons. The average molecular weight is 597 g/mol. The summed E-state index contributed by atoms with van der Waals surface area (Å²) in [4.78, 5) is 25.6. The van der Waals surface area contributed by atoms with Gasteiger partial charge in [-0.05, 0) is 61.9 Å². The molecule has 7 nitrogen and oxygen atoms in total. The second kappa shape index (κ2) is 10.9. The summed E-state index contributed by atoms with van der Waals surface area (Å²) in [6.45, 7) is 0.878. The van der Waals surface area contributed by atoms with Crippen LogP contribution in [-0.2, 0) is 14.6 Å². The van der Waals surface area contributed by atoms with E-state index in [-0.39, 0.29) is 36.0 Å². The number of benzene rings is 1. The maximum Gasteiger partial charge on any atom is 0.153 e. The number of ketones is 1. The van der Waals surface area contributed by atoms with E-state index in [0.29, 0.717) is 55.2 Å². The van der Waals surface area contributed by atoms with E-state index in [4.69, 9.17) is 4.98 Å². The molecule has 3 fully saturated rings. The highest BCUT2D eigenvalue weighted by molar-refractivity contribution is 7.91. The minimum atomic E-state index is -2.99. The van der Waals surface area contributed by atoms with Crippen molar-refractivity contribution >= 4 is 32.6 Å². The Kier molecular flexibility index (Phi) is 7.41. The molecule has 3 aliphatic rings. The van der Waals surface area contributed by atoms with Gasteiger partial charge in [0.15, 0.2) is 9.84 Å². The molecule has 1 aromatic carbocycles. The number of hydrogen-bond donors (Lipinski definition) is 0. The minimum Gasteiger partial charge on any atom is -0.369 e. The van der Waals surface area contributed by atoms with Crippen LogP contribution in [0.25, 0.3) is 21.1 Å². The molecule has 6 rings (SSSR count). The van der Waals surface area contributed by atoms with Gasteiger partial charge in [-0.2, -0.15) is 5.26 Å². The van der Waals surface area contributed by atoms with Crippen LogP contribution in [0.3, 0.4) is 0 Å². The number of sulfone groups is 1. The number of pyridine rings is 1. The topological polar surface area (TPSA) is 104 Å². The summed E-state index contributed by atoms with van der Waals surface area (Å²) in [5.74, 6) is -1.16. The van der Waals surface area contributed by atoms with E-state index in [0.717, 1.165) is 22.3 Å². The normalized spacial score (nSPS) is 24.9. The molecule has 0 bridgehead atoms. The Morgan fingerprint density at radius 2 is 1.85 bits per heavy atom. The number of rotatable bonds is 7. The number of alkyl halides is 1. The molecule has 1 saturated heterocycles. The van der Waals surface area contributed by atoms with Crippen LogP contribution in [0.4, 0.5) is 14.5 Å². The van der Waals surface area contributed by atoms with Crippen LogP contribution < -0.4 is 4.90 Å². The number of nitriles is 1. The molecular formula is C30H30F2N4O3S2. The molecule has 1 aliphatic heterocycles. The second-order valence-corrected chi connectivity index (χ2v) is 14.7. The number of aromatic nitrogens is 2. The van der Waals surface area contributed by atoms with E-state index in [9.17, 15) is 27.3 Å². The van der Waals surface area contributed by atoms with Gasteiger partial charge in [-0.25, -0.2) is 22.2 Å². The maximum atomic E-state index is 14.7. The molecule has 2 saturated carbocycles. The predicted octanol–water partition coefficient (Wildman–Crippen LogP) is 5.73. The number of halogens is 2. The number of anilines is 1. The smallest absolute Gasteiger partial charge is 0.153 e. The summed E-state index contributed by atoms with van der Waals surface area (Å²) in [5.41, 5.74) is 2.41. The van der Waals surface area contributed by atoms with Gasteiger partial charge in [0.25, 0.3) is 0 Å². The van der Waals surface area contributed by atoms with Crippen molar-refractivity contribution in [3.05, 3.63) is 54.1 Å². The zero-order valence-corrected chi connectivity index (χ0v) is 24.1.